The number of rotatable bonds is 3. The van der Waals surface area contributed by atoms with Crippen LogP contribution < -0.4 is 5.46 Å². The largest absolute Gasteiger partial charge is 0.334 e. The number of nitrogens with zero attached hydrogens (tertiary/aromatic N) is 3. The molecule has 3 rings (SSSR count). The fraction of sp³-hybridized carbons (Fsp3) is 0.133. The van der Waals surface area contributed by atoms with Gasteiger partial charge in [0.2, 0.25) is 5.82 Å². The molecule has 0 atom stereocenters. The third kappa shape index (κ3) is 2.47. The zero-order valence-corrected chi connectivity index (χ0v) is 11.1. The summed E-state index contributed by atoms with van der Waals surface area (Å²) in [5, 5.41) is 3.96. The molecule has 0 spiro atoms. The van der Waals surface area contributed by atoms with Gasteiger partial charge in [-0.1, -0.05) is 35.7 Å². The minimum absolute atomic E-state index is 0.452. The molecule has 5 heteroatoms. The standard InChI is InChI=1S/C15H12BN3O/c1-2-10-7-11(9-12(16)8-10)15-18-14(19-20-15)13-5-3-4-6-17-13/h3-9H,2H2,1H3. The van der Waals surface area contributed by atoms with E-state index in [1.54, 1.807) is 6.20 Å². The molecule has 0 bridgehead atoms. The lowest BCUT2D eigenvalue weighted by atomic mass is 9.91. The molecule has 4 nitrogen and oxygen atoms in total. The molecule has 20 heavy (non-hydrogen) atoms. The van der Waals surface area contributed by atoms with Gasteiger partial charge in [-0.15, -0.1) is 0 Å². The number of pyridine rings is 1. The summed E-state index contributed by atoms with van der Waals surface area (Å²) >= 11 is 0. The van der Waals surface area contributed by atoms with E-state index >= 15 is 0 Å². The van der Waals surface area contributed by atoms with Crippen LogP contribution in [0.1, 0.15) is 12.5 Å². The van der Waals surface area contributed by atoms with Crippen molar-refractivity contribution >= 4 is 13.3 Å². The minimum atomic E-state index is 0.452. The van der Waals surface area contributed by atoms with Crippen LogP contribution in [0.3, 0.4) is 0 Å². The number of benzene rings is 1. The van der Waals surface area contributed by atoms with Crippen LogP contribution in [-0.2, 0) is 6.42 Å². The van der Waals surface area contributed by atoms with E-state index in [2.05, 4.69) is 22.0 Å². The van der Waals surface area contributed by atoms with Gasteiger partial charge in [-0.05, 0) is 30.2 Å². The van der Waals surface area contributed by atoms with Crippen molar-refractivity contribution in [1.29, 1.82) is 0 Å². The van der Waals surface area contributed by atoms with E-state index in [0.717, 1.165) is 17.5 Å². The first kappa shape index (κ1) is 12.6. The first-order valence-corrected chi connectivity index (χ1v) is 6.41. The van der Waals surface area contributed by atoms with Crippen molar-refractivity contribution in [2.45, 2.75) is 13.3 Å². The van der Waals surface area contributed by atoms with E-state index in [-0.39, 0.29) is 0 Å². The van der Waals surface area contributed by atoms with Crippen molar-refractivity contribution in [1.82, 2.24) is 15.1 Å². The average molecular weight is 261 g/mol. The van der Waals surface area contributed by atoms with Gasteiger partial charge >= 0.3 is 0 Å². The summed E-state index contributed by atoms with van der Waals surface area (Å²) in [4.78, 5) is 8.57. The maximum absolute atomic E-state index is 5.89. The Kier molecular flexibility index (Phi) is 3.33. The highest BCUT2D eigenvalue weighted by molar-refractivity contribution is 6.32. The van der Waals surface area contributed by atoms with E-state index in [1.165, 1.54) is 0 Å². The molecule has 0 aliphatic rings. The van der Waals surface area contributed by atoms with Gasteiger partial charge in [0.25, 0.3) is 5.89 Å². The fourth-order valence-electron chi connectivity index (χ4n) is 1.99. The number of hydrogen-bond donors (Lipinski definition) is 0. The maximum Gasteiger partial charge on any atom is 0.258 e. The van der Waals surface area contributed by atoms with Gasteiger partial charge in [0.1, 0.15) is 13.5 Å². The Bertz CT molecular complexity index is 725. The lowest BCUT2D eigenvalue weighted by Gasteiger charge is -2.02. The van der Waals surface area contributed by atoms with E-state index in [1.807, 2.05) is 36.4 Å². The molecule has 2 aromatic heterocycles. The van der Waals surface area contributed by atoms with E-state index in [9.17, 15) is 0 Å². The van der Waals surface area contributed by atoms with Gasteiger partial charge in [-0.2, -0.15) is 4.98 Å². The Balaban J connectivity index is 2.00. The maximum atomic E-state index is 5.89. The Morgan fingerprint density at radius 2 is 2.10 bits per heavy atom. The second kappa shape index (κ2) is 5.29. The highest BCUT2D eigenvalue weighted by Crippen LogP contribution is 2.21. The summed E-state index contributed by atoms with van der Waals surface area (Å²) in [5.41, 5.74) is 3.34. The molecule has 0 amide bonds. The van der Waals surface area contributed by atoms with Crippen LogP contribution in [0.4, 0.5) is 0 Å². The molecule has 0 aliphatic heterocycles. The van der Waals surface area contributed by atoms with Crippen LogP contribution in [-0.4, -0.2) is 23.0 Å². The van der Waals surface area contributed by atoms with Crippen molar-refractivity contribution in [3.63, 3.8) is 0 Å². The molecule has 0 saturated heterocycles. The van der Waals surface area contributed by atoms with Crippen LogP contribution in [0.5, 0.6) is 0 Å². The lowest BCUT2D eigenvalue weighted by molar-refractivity contribution is 0.432. The molecule has 1 aromatic carbocycles. The first-order chi connectivity index (χ1) is 9.76. The summed E-state index contributed by atoms with van der Waals surface area (Å²) in [7, 11) is 5.89. The number of hydrogen-bond acceptors (Lipinski definition) is 4. The van der Waals surface area contributed by atoms with E-state index in [0.29, 0.717) is 22.9 Å². The summed E-state index contributed by atoms with van der Waals surface area (Å²) < 4.78 is 5.30. The SMILES string of the molecule is [B]c1cc(CC)cc(-c2nc(-c3ccccn3)no2)c1. The lowest BCUT2D eigenvalue weighted by Crippen LogP contribution is -2.03. The van der Waals surface area contributed by atoms with Gasteiger partial charge in [0.15, 0.2) is 0 Å². The zero-order valence-electron chi connectivity index (χ0n) is 11.1. The molecule has 0 aliphatic carbocycles. The van der Waals surface area contributed by atoms with E-state index < -0.39 is 0 Å². The van der Waals surface area contributed by atoms with Crippen LogP contribution >= 0.6 is 0 Å². The van der Waals surface area contributed by atoms with E-state index in [4.69, 9.17) is 12.4 Å². The molecule has 2 radical (unpaired) electrons. The highest BCUT2D eigenvalue weighted by Gasteiger charge is 2.11. The average Bonchev–Trinajstić information content (AvgIpc) is 2.97. The third-order valence-corrected chi connectivity index (χ3v) is 2.99. The highest BCUT2D eigenvalue weighted by atomic mass is 16.5. The molecule has 2 heterocycles. The molecule has 0 saturated carbocycles. The predicted octanol–water partition coefficient (Wildman–Crippen LogP) is 2.15. The monoisotopic (exact) mass is 261 g/mol. The predicted molar refractivity (Wildman–Crippen MR) is 77.7 cm³/mol. The van der Waals surface area contributed by atoms with Crippen molar-refractivity contribution in [3.05, 3.63) is 48.2 Å². The molecule has 0 unspecified atom stereocenters. The molecular weight excluding hydrogens is 249 g/mol. The second-order valence-corrected chi connectivity index (χ2v) is 4.45. The van der Waals surface area contributed by atoms with Gasteiger partial charge in [-0.3, -0.25) is 4.98 Å². The quantitative estimate of drug-likeness (QED) is 0.678. The normalized spacial score (nSPS) is 10.7. The number of aromatic nitrogens is 3. The minimum Gasteiger partial charge on any atom is -0.334 e. The van der Waals surface area contributed by atoms with Gasteiger partial charge in [-0.25, -0.2) is 0 Å². The molecule has 96 valence electrons. The Labute approximate surface area is 118 Å². The van der Waals surface area contributed by atoms with Crippen LogP contribution in [0.2, 0.25) is 0 Å². The van der Waals surface area contributed by atoms with Crippen LogP contribution in [0.15, 0.2) is 47.1 Å². The van der Waals surface area contributed by atoms with Crippen molar-refractivity contribution in [2.75, 3.05) is 0 Å². The smallest absolute Gasteiger partial charge is 0.258 e. The summed E-state index contributed by atoms with van der Waals surface area (Å²) in [6, 6.07) is 11.3. The first-order valence-electron chi connectivity index (χ1n) is 6.41. The van der Waals surface area contributed by atoms with Crippen LogP contribution in [0.25, 0.3) is 23.0 Å². The van der Waals surface area contributed by atoms with Gasteiger partial charge in [0, 0.05) is 11.8 Å². The fourth-order valence-corrected chi connectivity index (χ4v) is 1.99. The molecule has 0 fully saturated rings. The summed E-state index contributed by atoms with van der Waals surface area (Å²) in [5.74, 6) is 0.925. The van der Waals surface area contributed by atoms with Crippen molar-refractivity contribution in [2.24, 2.45) is 0 Å². The second-order valence-electron chi connectivity index (χ2n) is 4.45. The number of aryl methyl sites for hydroxylation is 1. The van der Waals surface area contributed by atoms with Gasteiger partial charge < -0.3 is 4.52 Å². The molecular formula is C15H12BN3O. The topological polar surface area (TPSA) is 51.8 Å². The molecule has 3 aromatic rings. The third-order valence-electron chi connectivity index (χ3n) is 2.99. The summed E-state index contributed by atoms with van der Waals surface area (Å²) in [6.45, 7) is 2.08. The molecule has 0 N–H and O–H groups in total. The van der Waals surface area contributed by atoms with Crippen molar-refractivity contribution in [3.8, 4) is 23.0 Å². The van der Waals surface area contributed by atoms with Gasteiger partial charge in [0.05, 0.1) is 0 Å². The van der Waals surface area contributed by atoms with Crippen molar-refractivity contribution < 1.29 is 4.52 Å². The Morgan fingerprint density at radius 1 is 1.20 bits per heavy atom. The Hall–Kier alpha value is -2.43. The Morgan fingerprint density at radius 3 is 2.85 bits per heavy atom. The zero-order chi connectivity index (χ0) is 13.9. The van der Waals surface area contributed by atoms with Crippen LogP contribution in [0, 0.1) is 0 Å². The summed E-state index contributed by atoms with van der Waals surface area (Å²) in [6.07, 6.45) is 2.60.